The lowest BCUT2D eigenvalue weighted by atomic mass is 10.2. The average Bonchev–Trinajstić information content (AvgIpc) is 2.82. The molecule has 0 aliphatic carbocycles. The van der Waals surface area contributed by atoms with Crippen LogP contribution < -0.4 is 5.73 Å². The highest BCUT2D eigenvalue weighted by Gasteiger charge is 2.12. The van der Waals surface area contributed by atoms with Gasteiger partial charge in [0.25, 0.3) is 5.89 Å². The van der Waals surface area contributed by atoms with Crippen LogP contribution in [0.15, 0.2) is 27.2 Å². The zero-order valence-corrected chi connectivity index (χ0v) is 11.6. The molecule has 1 aromatic heterocycles. The number of halogens is 1. The second-order valence-corrected chi connectivity index (χ2v) is 4.52. The van der Waals surface area contributed by atoms with Crippen LogP contribution in [0.1, 0.15) is 12.7 Å². The fraction of sp³-hybridized carbons (Fsp3) is 0.333. The average molecular weight is 312 g/mol. The summed E-state index contributed by atoms with van der Waals surface area (Å²) in [7, 11) is 0. The monoisotopic (exact) mass is 311 g/mol. The molecule has 1 heterocycles. The molecule has 0 aliphatic rings. The molecule has 2 aromatic rings. The highest BCUT2D eigenvalue weighted by atomic mass is 79.9. The van der Waals surface area contributed by atoms with Crippen LogP contribution >= 0.6 is 15.9 Å². The summed E-state index contributed by atoms with van der Waals surface area (Å²) in [4.78, 5) is 4.30. The number of benzene rings is 1. The van der Waals surface area contributed by atoms with Crippen molar-refractivity contribution in [1.82, 2.24) is 10.1 Å². The minimum Gasteiger partial charge on any atom is -0.397 e. The third-order valence-corrected chi connectivity index (χ3v) is 3.12. The van der Waals surface area contributed by atoms with E-state index in [0.717, 1.165) is 10.0 Å². The first-order valence-electron chi connectivity index (χ1n) is 5.67. The molecule has 2 rings (SSSR count). The molecular formula is C12H14BrN3O2. The van der Waals surface area contributed by atoms with E-state index in [4.69, 9.17) is 15.0 Å². The van der Waals surface area contributed by atoms with E-state index in [1.165, 1.54) is 0 Å². The van der Waals surface area contributed by atoms with Crippen molar-refractivity contribution in [1.29, 1.82) is 0 Å². The highest BCUT2D eigenvalue weighted by molar-refractivity contribution is 9.10. The fourth-order valence-corrected chi connectivity index (χ4v) is 1.86. The predicted molar refractivity (Wildman–Crippen MR) is 72.0 cm³/mol. The lowest BCUT2D eigenvalue weighted by Crippen LogP contribution is -1.99. The van der Waals surface area contributed by atoms with Gasteiger partial charge in [0.15, 0.2) is 5.82 Å². The Bertz CT molecular complexity index is 528. The van der Waals surface area contributed by atoms with Gasteiger partial charge in [-0.25, -0.2) is 0 Å². The number of ether oxygens (including phenoxy) is 1. The van der Waals surface area contributed by atoms with E-state index in [2.05, 4.69) is 26.1 Å². The van der Waals surface area contributed by atoms with Crippen LogP contribution in [-0.4, -0.2) is 23.4 Å². The molecule has 5 nitrogen and oxygen atoms in total. The molecule has 2 N–H and O–H groups in total. The maximum Gasteiger partial charge on any atom is 0.260 e. The van der Waals surface area contributed by atoms with Crippen molar-refractivity contribution in [3.63, 3.8) is 0 Å². The first kappa shape index (κ1) is 13.0. The molecule has 0 atom stereocenters. The summed E-state index contributed by atoms with van der Waals surface area (Å²) in [6, 6.07) is 5.59. The number of hydrogen-bond acceptors (Lipinski definition) is 5. The molecular weight excluding hydrogens is 298 g/mol. The summed E-state index contributed by atoms with van der Waals surface area (Å²) in [5.74, 6) is 1.05. The Balaban J connectivity index is 2.16. The van der Waals surface area contributed by atoms with Gasteiger partial charge in [-0.3, -0.25) is 0 Å². The quantitative estimate of drug-likeness (QED) is 0.678. The first-order chi connectivity index (χ1) is 8.72. The number of rotatable bonds is 5. The molecule has 0 aliphatic heterocycles. The van der Waals surface area contributed by atoms with Crippen molar-refractivity contribution in [3.8, 4) is 11.5 Å². The normalized spacial score (nSPS) is 10.8. The van der Waals surface area contributed by atoms with Crippen LogP contribution in [0.2, 0.25) is 0 Å². The Kier molecular flexibility index (Phi) is 4.33. The zero-order valence-electron chi connectivity index (χ0n) is 10.0. The van der Waals surface area contributed by atoms with Gasteiger partial charge in [-0.1, -0.05) is 11.2 Å². The number of para-hydroxylation sites is 1. The highest BCUT2D eigenvalue weighted by Crippen LogP contribution is 2.30. The minimum atomic E-state index is 0.431. The molecule has 6 heteroatoms. The van der Waals surface area contributed by atoms with Crippen molar-refractivity contribution < 1.29 is 9.26 Å². The van der Waals surface area contributed by atoms with Crippen LogP contribution in [-0.2, 0) is 11.2 Å². The summed E-state index contributed by atoms with van der Waals surface area (Å²) < 4.78 is 11.3. The SMILES string of the molecule is CCOCCc1noc(-c2cccc(Br)c2N)n1. The molecule has 96 valence electrons. The third kappa shape index (κ3) is 2.88. The van der Waals surface area contributed by atoms with Gasteiger partial charge in [-0.15, -0.1) is 0 Å². The van der Waals surface area contributed by atoms with Crippen molar-refractivity contribution >= 4 is 21.6 Å². The molecule has 0 amide bonds. The van der Waals surface area contributed by atoms with E-state index in [1.54, 1.807) is 0 Å². The lowest BCUT2D eigenvalue weighted by Gasteiger charge is -2.01. The molecule has 0 radical (unpaired) electrons. The molecule has 1 aromatic carbocycles. The minimum absolute atomic E-state index is 0.431. The smallest absolute Gasteiger partial charge is 0.260 e. The van der Waals surface area contributed by atoms with Gasteiger partial charge >= 0.3 is 0 Å². The van der Waals surface area contributed by atoms with E-state index in [9.17, 15) is 0 Å². The Hall–Kier alpha value is -1.40. The summed E-state index contributed by atoms with van der Waals surface area (Å²) >= 11 is 3.37. The van der Waals surface area contributed by atoms with Crippen LogP contribution in [0.25, 0.3) is 11.5 Å². The zero-order chi connectivity index (χ0) is 13.0. The Morgan fingerprint density at radius 2 is 2.28 bits per heavy atom. The summed E-state index contributed by atoms with van der Waals surface area (Å²) in [6.45, 7) is 3.22. The molecule has 0 saturated carbocycles. The van der Waals surface area contributed by atoms with E-state index in [0.29, 0.717) is 37.0 Å². The van der Waals surface area contributed by atoms with Crippen LogP contribution in [0, 0.1) is 0 Å². The molecule has 0 bridgehead atoms. The number of anilines is 1. The van der Waals surface area contributed by atoms with E-state index in [-0.39, 0.29) is 0 Å². The summed E-state index contributed by atoms with van der Waals surface area (Å²) in [6.07, 6.45) is 0.630. The van der Waals surface area contributed by atoms with Crippen molar-refractivity contribution in [2.24, 2.45) is 0 Å². The molecule has 18 heavy (non-hydrogen) atoms. The topological polar surface area (TPSA) is 74.2 Å². The van der Waals surface area contributed by atoms with Crippen molar-refractivity contribution in [3.05, 3.63) is 28.5 Å². The second-order valence-electron chi connectivity index (χ2n) is 3.66. The van der Waals surface area contributed by atoms with Crippen molar-refractivity contribution in [2.45, 2.75) is 13.3 Å². The van der Waals surface area contributed by atoms with E-state index >= 15 is 0 Å². The van der Waals surface area contributed by atoms with Gasteiger partial charge < -0.3 is 15.0 Å². The molecule has 0 unspecified atom stereocenters. The fourth-order valence-electron chi connectivity index (χ4n) is 1.50. The van der Waals surface area contributed by atoms with E-state index in [1.807, 2.05) is 25.1 Å². The number of hydrogen-bond donors (Lipinski definition) is 1. The van der Waals surface area contributed by atoms with Gasteiger partial charge in [0, 0.05) is 17.5 Å². The van der Waals surface area contributed by atoms with Crippen LogP contribution in [0.4, 0.5) is 5.69 Å². The third-order valence-electron chi connectivity index (χ3n) is 2.43. The van der Waals surface area contributed by atoms with Crippen LogP contribution in [0.3, 0.4) is 0 Å². The summed E-state index contributed by atoms with van der Waals surface area (Å²) in [5, 5.41) is 3.90. The van der Waals surface area contributed by atoms with Gasteiger partial charge in [0.1, 0.15) is 0 Å². The predicted octanol–water partition coefficient (Wildman–Crippen LogP) is 2.66. The van der Waals surface area contributed by atoms with Gasteiger partial charge in [0.05, 0.1) is 17.9 Å². The Morgan fingerprint density at radius 3 is 3.06 bits per heavy atom. The lowest BCUT2D eigenvalue weighted by molar-refractivity contribution is 0.149. The second kappa shape index (κ2) is 5.97. The standard InChI is InChI=1S/C12H14BrN3O2/c1-2-17-7-6-10-15-12(18-16-10)8-4-3-5-9(13)11(8)14/h3-5H,2,6-7,14H2,1H3. The molecule has 0 fully saturated rings. The van der Waals surface area contributed by atoms with Crippen molar-refractivity contribution in [2.75, 3.05) is 18.9 Å². The maximum absolute atomic E-state index is 5.95. The number of nitrogens with two attached hydrogens (primary N) is 1. The molecule has 0 saturated heterocycles. The largest absolute Gasteiger partial charge is 0.397 e. The first-order valence-corrected chi connectivity index (χ1v) is 6.46. The van der Waals surface area contributed by atoms with Gasteiger partial charge in [-0.2, -0.15) is 4.98 Å². The number of aromatic nitrogens is 2. The van der Waals surface area contributed by atoms with Gasteiger partial charge in [-0.05, 0) is 35.0 Å². The van der Waals surface area contributed by atoms with E-state index < -0.39 is 0 Å². The maximum atomic E-state index is 5.95. The van der Waals surface area contributed by atoms with Gasteiger partial charge in [0.2, 0.25) is 0 Å². The number of nitrogens with zero attached hydrogens (tertiary/aromatic N) is 2. The summed E-state index contributed by atoms with van der Waals surface area (Å²) in [5.41, 5.74) is 7.28. The van der Waals surface area contributed by atoms with Crippen LogP contribution in [0.5, 0.6) is 0 Å². The Labute approximate surface area is 113 Å². The number of nitrogen functional groups attached to an aromatic ring is 1. The Morgan fingerprint density at radius 1 is 1.44 bits per heavy atom. The molecule has 0 spiro atoms.